The number of rotatable bonds is 2. The van der Waals surface area contributed by atoms with E-state index in [1.54, 1.807) is 6.21 Å². The zero-order valence-electron chi connectivity index (χ0n) is 15.7. The SMILES string of the molecule is CC(C)(C)c1cc(C(C)(C)C)c(C=Nc2ccc(Br)cc2)c(O)c1O. The molecule has 4 heteroatoms. The van der Waals surface area contributed by atoms with Crippen molar-refractivity contribution < 1.29 is 10.2 Å². The smallest absolute Gasteiger partial charge is 0.167 e. The number of benzene rings is 2. The Morgan fingerprint density at radius 1 is 0.840 bits per heavy atom. The summed E-state index contributed by atoms with van der Waals surface area (Å²) in [5, 5.41) is 21.2. The summed E-state index contributed by atoms with van der Waals surface area (Å²) < 4.78 is 0.983. The van der Waals surface area contributed by atoms with Gasteiger partial charge in [0, 0.05) is 21.8 Å². The first-order valence-corrected chi connectivity index (χ1v) is 9.10. The Morgan fingerprint density at radius 2 is 1.36 bits per heavy atom. The van der Waals surface area contributed by atoms with E-state index in [-0.39, 0.29) is 22.3 Å². The maximum absolute atomic E-state index is 10.7. The second kappa shape index (κ2) is 6.83. The number of hydrogen-bond acceptors (Lipinski definition) is 3. The van der Waals surface area contributed by atoms with E-state index in [2.05, 4.69) is 41.7 Å². The Labute approximate surface area is 158 Å². The summed E-state index contributed by atoms with van der Waals surface area (Å²) in [6.45, 7) is 12.3. The van der Waals surface area contributed by atoms with E-state index in [0.717, 1.165) is 21.3 Å². The molecule has 0 aliphatic carbocycles. The molecule has 0 radical (unpaired) electrons. The maximum atomic E-state index is 10.7. The molecule has 3 nitrogen and oxygen atoms in total. The minimum atomic E-state index is -0.275. The molecule has 0 fully saturated rings. The third-order valence-electron chi connectivity index (χ3n) is 4.10. The van der Waals surface area contributed by atoms with Gasteiger partial charge in [0.25, 0.3) is 0 Å². The van der Waals surface area contributed by atoms with Gasteiger partial charge in [-0.1, -0.05) is 63.5 Å². The van der Waals surface area contributed by atoms with Crippen LogP contribution >= 0.6 is 15.9 Å². The van der Waals surface area contributed by atoms with E-state index in [1.165, 1.54) is 0 Å². The summed E-state index contributed by atoms with van der Waals surface area (Å²) in [5.74, 6) is -0.184. The van der Waals surface area contributed by atoms with Crippen molar-refractivity contribution in [3.63, 3.8) is 0 Å². The number of halogens is 1. The quantitative estimate of drug-likeness (QED) is 0.462. The molecule has 0 heterocycles. The molecule has 0 aliphatic heterocycles. The molecular formula is C21H26BrNO2. The van der Waals surface area contributed by atoms with Crippen molar-refractivity contribution in [3.8, 4) is 11.5 Å². The Hall–Kier alpha value is -1.81. The number of hydrogen-bond donors (Lipinski definition) is 2. The maximum Gasteiger partial charge on any atom is 0.167 e. The molecule has 25 heavy (non-hydrogen) atoms. The fraction of sp³-hybridized carbons (Fsp3) is 0.381. The van der Waals surface area contributed by atoms with Crippen molar-refractivity contribution in [2.45, 2.75) is 52.4 Å². The molecule has 0 amide bonds. The van der Waals surface area contributed by atoms with Crippen LogP contribution in [0.2, 0.25) is 0 Å². The highest BCUT2D eigenvalue weighted by Gasteiger charge is 2.28. The Bertz CT molecular complexity index is 795. The monoisotopic (exact) mass is 403 g/mol. The van der Waals surface area contributed by atoms with E-state index < -0.39 is 0 Å². The fourth-order valence-electron chi connectivity index (χ4n) is 2.66. The van der Waals surface area contributed by atoms with E-state index in [1.807, 2.05) is 51.1 Å². The van der Waals surface area contributed by atoms with Gasteiger partial charge in [0.2, 0.25) is 0 Å². The zero-order chi connectivity index (χ0) is 19.0. The summed E-state index contributed by atoms with van der Waals surface area (Å²) in [4.78, 5) is 4.47. The van der Waals surface area contributed by atoms with Crippen LogP contribution in [0.5, 0.6) is 11.5 Å². The molecule has 2 aromatic carbocycles. The van der Waals surface area contributed by atoms with Crippen LogP contribution in [-0.4, -0.2) is 16.4 Å². The van der Waals surface area contributed by atoms with Crippen LogP contribution in [0.3, 0.4) is 0 Å². The number of nitrogens with zero attached hydrogens (tertiary/aromatic N) is 1. The lowest BCUT2D eigenvalue weighted by Gasteiger charge is -2.28. The first kappa shape index (κ1) is 19.5. The largest absolute Gasteiger partial charge is 0.504 e. The highest BCUT2D eigenvalue weighted by molar-refractivity contribution is 9.10. The van der Waals surface area contributed by atoms with Crippen LogP contribution in [0, 0.1) is 0 Å². The molecule has 0 atom stereocenters. The minimum absolute atomic E-state index is 0.0715. The molecular weight excluding hydrogens is 378 g/mol. The van der Waals surface area contributed by atoms with Gasteiger partial charge in [-0.2, -0.15) is 0 Å². The normalized spacial score (nSPS) is 12.8. The van der Waals surface area contributed by atoms with E-state index >= 15 is 0 Å². The van der Waals surface area contributed by atoms with Gasteiger partial charge in [0.1, 0.15) is 0 Å². The minimum Gasteiger partial charge on any atom is -0.504 e. The third kappa shape index (κ3) is 4.43. The fourth-order valence-corrected chi connectivity index (χ4v) is 2.93. The van der Waals surface area contributed by atoms with Crippen LogP contribution in [0.25, 0.3) is 0 Å². The number of aromatic hydroxyl groups is 2. The summed E-state index contributed by atoms with van der Waals surface area (Å²) in [6, 6.07) is 9.59. The van der Waals surface area contributed by atoms with Crippen molar-refractivity contribution in [2.75, 3.05) is 0 Å². The van der Waals surface area contributed by atoms with Gasteiger partial charge in [0.05, 0.1) is 5.69 Å². The topological polar surface area (TPSA) is 52.8 Å². The Kier molecular flexibility index (Phi) is 5.33. The molecule has 0 saturated heterocycles. The van der Waals surface area contributed by atoms with Crippen LogP contribution in [-0.2, 0) is 10.8 Å². The number of aliphatic imine (C=N–C) groups is 1. The van der Waals surface area contributed by atoms with E-state index in [9.17, 15) is 10.2 Å². The van der Waals surface area contributed by atoms with Crippen molar-refractivity contribution in [1.29, 1.82) is 0 Å². The second-order valence-corrected chi connectivity index (χ2v) is 9.23. The lowest BCUT2D eigenvalue weighted by molar-refractivity contribution is 0.386. The van der Waals surface area contributed by atoms with Gasteiger partial charge in [0.15, 0.2) is 11.5 Å². The summed E-state index contributed by atoms with van der Waals surface area (Å²) in [7, 11) is 0. The summed E-state index contributed by atoms with van der Waals surface area (Å²) in [5.41, 5.74) is 2.54. The van der Waals surface area contributed by atoms with Gasteiger partial charge in [-0.05, 0) is 40.7 Å². The van der Waals surface area contributed by atoms with Crippen LogP contribution in [0.4, 0.5) is 5.69 Å². The first-order valence-electron chi connectivity index (χ1n) is 8.31. The summed E-state index contributed by atoms with van der Waals surface area (Å²) in [6.07, 6.45) is 1.63. The highest BCUT2D eigenvalue weighted by Crippen LogP contribution is 2.43. The molecule has 2 N–H and O–H groups in total. The van der Waals surface area contributed by atoms with Crippen molar-refractivity contribution >= 4 is 27.8 Å². The zero-order valence-corrected chi connectivity index (χ0v) is 17.3. The third-order valence-corrected chi connectivity index (χ3v) is 4.63. The number of phenolic OH excluding ortho intramolecular Hbond substituents is 2. The molecule has 134 valence electrons. The predicted molar refractivity (Wildman–Crippen MR) is 109 cm³/mol. The molecule has 0 aromatic heterocycles. The molecule has 0 bridgehead atoms. The lowest BCUT2D eigenvalue weighted by atomic mass is 9.77. The van der Waals surface area contributed by atoms with Crippen molar-refractivity contribution in [1.82, 2.24) is 0 Å². The molecule has 0 unspecified atom stereocenters. The average molecular weight is 404 g/mol. The highest BCUT2D eigenvalue weighted by atomic mass is 79.9. The first-order chi connectivity index (χ1) is 11.4. The number of phenols is 2. The van der Waals surface area contributed by atoms with E-state index in [4.69, 9.17) is 0 Å². The van der Waals surface area contributed by atoms with Gasteiger partial charge < -0.3 is 10.2 Å². The van der Waals surface area contributed by atoms with Crippen molar-refractivity contribution in [2.24, 2.45) is 4.99 Å². The van der Waals surface area contributed by atoms with Gasteiger partial charge in [-0.15, -0.1) is 0 Å². The Balaban J connectivity index is 2.64. The molecule has 0 saturated carbocycles. The molecule has 2 aromatic rings. The predicted octanol–water partition coefficient (Wildman–Crippen LogP) is 6.21. The van der Waals surface area contributed by atoms with Gasteiger partial charge in [-0.3, -0.25) is 4.99 Å². The average Bonchev–Trinajstić information content (AvgIpc) is 2.47. The van der Waals surface area contributed by atoms with Crippen LogP contribution in [0.15, 0.2) is 39.8 Å². The van der Waals surface area contributed by atoms with Gasteiger partial charge >= 0.3 is 0 Å². The lowest BCUT2D eigenvalue weighted by Crippen LogP contribution is -2.19. The molecule has 2 rings (SSSR count). The molecule has 0 aliphatic rings. The standard InChI is InChI=1S/C21H26BrNO2/c1-20(2,3)16-11-17(21(4,5)6)19(25)18(24)15(16)12-23-14-9-7-13(22)8-10-14/h7-12,24-25H,1-6H3. The van der Waals surface area contributed by atoms with Crippen LogP contribution in [0.1, 0.15) is 58.2 Å². The molecule has 0 spiro atoms. The summed E-state index contributed by atoms with van der Waals surface area (Å²) >= 11 is 3.40. The van der Waals surface area contributed by atoms with E-state index in [0.29, 0.717) is 5.56 Å². The Morgan fingerprint density at radius 3 is 1.84 bits per heavy atom. The van der Waals surface area contributed by atoms with Crippen molar-refractivity contribution in [3.05, 3.63) is 51.5 Å². The second-order valence-electron chi connectivity index (χ2n) is 8.32. The van der Waals surface area contributed by atoms with Crippen LogP contribution < -0.4 is 0 Å². The van der Waals surface area contributed by atoms with Gasteiger partial charge in [-0.25, -0.2) is 0 Å².